The van der Waals surface area contributed by atoms with Crippen molar-refractivity contribution in [2.75, 3.05) is 11.1 Å². The van der Waals surface area contributed by atoms with E-state index >= 15 is 0 Å². The number of para-hydroxylation sites is 1. The number of carbonyl (C=O) groups is 1. The fourth-order valence-electron chi connectivity index (χ4n) is 2.73. The van der Waals surface area contributed by atoms with Crippen molar-refractivity contribution < 1.29 is 4.79 Å². The third kappa shape index (κ3) is 2.93. The van der Waals surface area contributed by atoms with Crippen LogP contribution in [0.5, 0.6) is 0 Å². The number of fused-ring (bicyclic) bond motifs is 1. The van der Waals surface area contributed by atoms with Gasteiger partial charge < -0.3 is 21.0 Å². The van der Waals surface area contributed by atoms with Crippen molar-refractivity contribution >= 4 is 28.3 Å². The lowest BCUT2D eigenvalue weighted by molar-refractivity contribution is 0.102. The molecule has 7 nitrogen and oxygen atoms in total. The first-order valence-electron chi connectivity index (χ1n) is 7.94. The van der Waals surface area contributed by atoms with Crippen molar-refractivity contribution in [3.63, 3.8) is 0 Å². The largest absolute Gasteiger partial charge is 0.398 e. The number of benzene rings is 2. The number of rotatable bonds is 3. The van der Waals surface area contributed by atoms with Crippen molar-refractivity contribution in [2.24, 2.45) is 0 Å². The van der Waals surface area contributed by atoms with Gasteiger partial charge in [0, 0.05) is 23.1 Å². The summed E-state index contributed by atoms with van der Waals surface area (Å²) in [6.07, 6.45) is 1.51. The summed E-state index contributed by atoms with van der Waals surface area (Å²) in [4.78, 5) is 33.4. The molecule has 1 amide bonds. The zero-order valence-electron chi connectivity index (χ0n) is 13.6. The van der Waals surface area contributed by atoms with Crippen molar-refractivity contribution in [2.45, 2.75) is 0 Å². The van der Waals surface area contributed by atoms with Crippen LogP contribution in [0.15, 0.2) is 65.6 Å². The van der Waals surface area contributed by atoms with E-state index < -0.39 is 0 Å². The summed E-state index contributed by atoms with van der Waals surface area (Å²) in [6, 6.07) is 16.0. The fraction of sp³-hybridized carbons (Fsp3) is 0. The molecule has 0 saturated carbocycles. The van der Waals surface area contributed by atoms with Gasteiger partial charge in [-0.2, -0.15) is 0 Å². The first kappa shape index (κ1) is 15.6. The highest BCUT2D eigenvalue weighted by Gasteiger charge is 2.09. The molecule has 2 heterocycles. The van der Waals surface area contributed by atoms with Crippen LogP contribution in [0.25, 0.3) is 22.3 Å². The van der Waals surface area contributed by atoms with Gasteiger partial charge >= 0.3 is 5.69 Å². The number of aromatic amines is 2. The molecular formula is C19H15N5O2. The van der Waals surface area contributed by atoms with E-state index in [4.69, 9.17) is 5.73 Å². The highest BCUT2D eigenvalue weighted by atomic mass is 16.2. The highest BCUT2D eigenvalue weighted by Crippen LogP contribution is 2.23. The number of nitrogen functional groups attached to an aromatic ring is 1. The van der Waals surface area contributed by atoms with Crippen LogP contribution in [0, 0.1) is 0 Å². The van der Waals surface area contributed by atoms with Crippen molar-refractivity contribution in [1.82, 2.24) is 15.0 Å². The first-order chi connectivity index (χ1) is 12.6. The molecule has 0 atom stereocenters. The molecule has 0 fully saturated rings. The molecule has 2 aromatic heterocycles. The Morgan fingerprint density at radius 1 is 1.00 bits per heavy atom. The molecule has 0 spiro atoms. The molecule has 2 aromatic carbocycles. The maximum Gasteiger partial charge on any atom is 0.323 e. The predicted octanol–water partition coefficient (Wildman–Crippen LogP) is 2.75. The SMILES string of the molecule is Nc1ccccc1-c1ccc(C(=O)Nc2ccc3[nH]c(=O)[nH]c3c2)cn1. The number of nitrogens with two attached hydrogens (primary N) is 1. The van der Waals surface area contributed by atoms with Crippen LogP contribution in [-0.4, -0.2) is 20.9 Å². The smallest absolute Gasteiger partial charge is 0.323 e. The molecule has 26 heavy (non-hydrogen) atoms. The number of pyridine rings is 1. The van der Waals surface area contributed by atoms with Gasteiger partial charge in [0.05, 0.1) is 22.3 Å². The van der Waals surface area contributed by atoms with Crippen LogP contribution >= 0.6 is 0 Å². The van der Waals surface area contributed by atoms with E-state index in [1.165, 1.54) is 6.20 Å². The zero-order valence-corrected chi connectivity index (χ0v) is 13.6. The van der Waals surface area contributed by atoms with E-state index in [1.54, 1.807) is 36.4 Å². The zero-order chi connectivity index (χ0) is 18.1. The molecule has 0 aliphatic rings. The lowest BCUT2D eigenvalue weighted by Crippen LogP contribution is -2.12. The Morgan fingerprint density at radius 2 is 1.81 bits per heavy atom. The normalized spacial score (nSPS) is 10.8. The molecule has 7 heteroatoms. The minimum absolute atomic E-state index is 0.288. The Bertz CT molecular complexity index is 1160. The Morgan fingerprint density at radius 3 is 2.58 bits per heavy atom. The van der Waals surface area contributed by atoms with E-state index in [9.17, 15) is 9.59 Å². The lowest BCUT2D eigenvalue weighted by atomic mass is 10.1. The van der Waals surface area contributed by atoms with Crippen LogP contribution < -0.4 is 16.7 Å². The van der Waals surface area contributed by atoms with Crippen LogP contribution in [-0.2, 0) is 0 Å². The standard InChI is InChI=1S/C19H15N5O2/c20-14-4-2-1-3-13(14)15-7-5-11(10-21-15)18(25)22-12-6-8-16-17(9-12)24-19(26)23-16/h1-10H,20H2,(H,22,25)(H2,23,24,26). The topological polar surface area (TPSA) is 117 Å². The molecule has 4 rings (SSSR count). The molecule has 128 valence electrons. The van der Waals surface area contributed by atoms with Crippen molar-refractivity contribution in [3.05, 3.63) is 76.8 Å². The molecule has 0 radical (unpaired) electrons. The highest BCUT2D eigenvalue weighted by molar-refractivity contribution is 6.04. The third-order valence-electron chi connectivity index (χ3n) is 4.04. The van der Waals surface area contributed by atoms with Gasteiger partial charge in [-0.1, -0.05) is 18.2 Å². The molecule has 0 saturated heterocycles. The Balaban J connectivity index is 1.56. The maximum absolute atomic E-state index is 12.4. The number of H-pyrrole nitrogens is 2. The van der Waals surface area contributed by atoms with Crippen molar-refractivity contribution in [1.29, 1.82) is 0 Å². The van der Waals surface area contributed by atoms with E-state index in [2.05, 4.69) is 20.3 Å². The maximum atomic E-state index is 12.4. The van der Waals surface area contributed by atoms with Crippen LogP contribution in [0.1, 0.15) is 10.4 Å². The number of hydrogen-bond acceptors (Lipinski definition) is 4. The van der Waals surface area contributed by atoms with E-state index in [1.807, 2.05) is 18.2 Å². The van der Waals surface area contributed by atoms with Crippen LogP contribution in [0.3, 0.4) is 0 Å². The molecule has 0 unspecified atom stereocenters. The summed E-state index contributed by atoms with van der Waals surface area (Å²) in [5.41, 5.74) is 10.1. The molecule has 5 N–H and O–H groups in total. The van der Waals surface area contributed by atoms with Crippen LogP contribution in [0.4, 0.5) is 11.4 Å². The van der Waals surface area contributed by atoms with E-state index in [-0.39, 0.29) is 11.6 Å². The Kier molecular flexibility index (Phi) is 3.74. The fourth-order valence-corrected chi connectivity index (χ4v) is 2.73. The van der Waals surface area contributed by atoms with Gasteiger partial charge in [-0.3, -0.25) is 9.78 Å². The first-order valence-corrected chi connectivity index (χ1v) is 7.94. The number of aromatic nitrogens is 3. The monoisotopic (exact) mass is 345 g/mol. The number of nitrogens with one attached hydrogen (secondary N) is 3. The van der Waals surface area contributed by atoms with E-state index in [0.29, 0.717) is 33.7 Å². The third-order valence-corrected chi connectivity index (χ3v) is 4.04. The Hall–Kier alpha value is -3.87. The molecule has 4 aromatic rings. The number of amides is 1. The van der Waals surface area contributed by atoms with Gasteiger partial charge in [0.25, 0.3) is 5.91 Å². The van der Waals surface area contributed by atoms with Gasteiger partial charge in [0.2, 0.25) is 0 Å². The molecule has 0 bridgehead atoms. The summed E-state index contributed by atoms with van der Waals surface area (Å²) in [6.45, 7) is 0. The number of carbonyl (C=O) groups excluding carboxylic acids is 1. The minimum atomic E-state index is -0.290. The molecular weight excluding hydrogens is 330 g/mol. The molecule has 0 aliphatic heterocycles. The summed E-state index contributed by atoms with van der Waals surface area (Å²) in [7, 11) is 0. The summed E-state index contributed by atoms with van der Waals surface area (Å²) in [5, 5.41) is 2.79. The number of anilines is 2. The van der Waals surface area contributed by atoms with E-state index in [0.717, 1.165) is 5.56 Å². The Labute approximate surface area is 147 Å². The average Bonchev–Trinajstić information content (AvgIpc) is 3.01. The van der Waals surface area contributed by atoms with Gasteiger partial charge in [0.1, 0.15) is 0 Å². The van der Waals surface area contributed by atoms with Crippen LogP contribution in [0.2, 0.25) is 0 Å². The summed E-state index contributed by atoms with van der Waals surface area (Å²) < 4.78 is 0. The second-order valence-electron chi connectivity index (χ2n) is 5.81. The van der Waals surface area contributed by atoms with Gasteiger partial charge in [-0.05, 0) is 36.4 Å². The summed E-state index contributed by atoms with van der Waals surface area (Å²) >= 11 is 0. The summed E-state index contributed by atoms with van der Waals surface area (Å²) in [5.74, 6) is -0.290. The number of nitrogens with zero attached hydrogens (tertiary/aromatic N) is 1. The number of imidazole rings is 1. The lowest BCUT2D eigenvalue weighted by Gasteiger charge is -2.07. The minimum Gasteiger partial charge on any atom is -0.398 e. The quantitative estimate of drug-likeness (QED) is 0.427. The van der Waals surface area contributed by atoms with Gasteiger partial charge in [-0.15, -0.1) is 0 Å². The average molecular weight is 345 g/mol. The predicted molar refractivity (Wildman–Crippen MR) is 101 cm³/mol. The molecule has 0 aliphatic carbocycles. The van der Waals surface area contributed by atoms with Crippen molar-refractivity contribution in [3.8, 4) is 11.3 Å². The van der Waals surface area contributed by atoms with Gasteiger partial charge in [-0.25, -0.2) is 4.79 Å². The second-order valence-corrected chi connectivity index (χ2v) is 5.81. The van der Waals surface area contributed by atoms with Gasteiger partial charge in [0.15, 0.2) is 0 Å². The number of hydrogen-bond donors (Lipinski definition) is 4. The second kappa shape index (κ2) is 6.21.